The molecule has 0 aromatic heterocycles. The Morgan fingerprint density at radius 1 is 0.969 bits per heavy atom. The fourth-order valence-corrected chi connectivity index (χ4v) is 4.14. The maximum atomic E-state index is 13.2. The molecule has 0 unspecified atom stereocenters. The van der Waals surface area contributed by atoms with Gasteiger partial charge in [-0.05, 0) is 35.9 Å². The number of methoxy groups -OCH3 is 3. The highest BCUT2D eigenvalue weighted by Crippen LogP contribution is 2.31. The Hall–Kier alpha value is -3.25. The second-order valence-electron chi connectivity index (χ2n) is 6.32. The number of hydrogen-bond acceptors (Lipinski definition) is 8. The monoisotopic (exact) mass is 473 g/mol. The quantitative estimate of drug-likeness (QED) is 0.512. The van der Waals surface area contributed by atoms with Crippen molar-refractivity contribution >= 4 is 22.0 Å². The van der Waals surface area contributed by atoms with Crippen molar-refractivity contribution in [2.24, 2.45) is 0 Å². The van der Waals surface area contributed by atoms with Crippen molar-refractivity contribution in [1.82, 2.24) is 4.31 Å². The molecule has 0 bridgehead atoms. The van der Waals surface area contributed by atoms with Gasteiger partial charge < -0.3 is 18.9 Å². The lowest BCUT2D eigenvalue weighted by atomic mass is 10.1. The fraction of sp³-hybridized carbons (Fsp3) is 0.300. The van der Waals surface area contributed by atoms with Crippen LogP contribution in [0.4, 0.5) is 8.78 Å². The van der Waals surface area contributed by atoms with Gasteiger partial charge in [0.15, 0.2) is 11.5 Å². The summed E-state index contributed by atoms with van der Waals surface area (Å²) in [6, 6.07) is 7.40. The predicted molar refractivity (Wildman–Crippen MR) is 107 cm³/mol. The lowest BCUT2D eigenvalue weighted by Crippen LogP contribution is -2.28. The molecule has 2 aromatic rings. The lowest BCUT2D eigenvalue weighted by molar-refractivity contribution is -0.0512. The van der Waals surface area contributed by atoms with Crippen molar-refractivity contribution in [2.75, 3.05) is 28.4 Å². The van der Waals surface area contributed by atoms with Gasteiger partial charge in [0, 0.05) is 13.6 Å². The van der Waals surface area contributed by atoms with E-state index in [1.54, 1.807) is 0 Å². The summed E-state index contributed by atoms with van der Waals surface area (Å²) >= 11 is 0. The van der Waals surface area contributed by atoms with Crippen molar-refractivity contribution < 1.29 is 45.7 Å². The standard InChI is InChI=1S/C20H21F2NO8S/c1-23(11-12-5-8-15(28-2)16(9-12)31-20(21)22)32(26,27)17-10-13(18(24)29-3)6-7-14(17)19(25)30-4/h5-10,20H,11H2,1-4H3. The third-order valence-corrected chi connectivity index (χ3v) is 6.19. The molecular formula is C20H21F2NO8S. The minimum absolute atomic E-state index is 0.0401. The summed E-state index contributed by atoms with van der Waals surface area (Å²) in [5.41, 5.74) is -0.0797. The molecule has 0 saturated heterocycles. The molecule has 0 N–H and O–H groups in total. The maximum Gasteiger partial charge on any atom is 0.387 e. The number of nitrogens with zero attached hydrogens (tertiary/aromatic N) is 1. The Morgan fingerprint density at radius 3 is 2.19 bits per heavy atom. The predicted octanol–water partition coefficient (Wildman–Crippen LogP) is 2.69. The topological polar surface area (TPSA) is 108 Å². The first kappa shape index (κ1) is 25.0. The Balaban J connectivity index is 2.47. The van der Waals surface area contributed by atoms with Crippen LogP contribution in [0.1, 0.15) is 26.3 Å². The first-order valence-corrected chi connectivity index (χ1v) is 10.4. The zero-order chi connectivity index (χ0) is 24.1. The van der Waals surface area contributed by atoms with Crippen LogP contribution in [0.15, 0.2) is 41.3 Å². The summed E-state index contributed by atoms with van der Waals surface area (Å²) in [6.07, 6.45) is 0. The summed E-state index contributed by atoms with van der Waals surface area (Å²) in [6.45, 7) is -3.38. The zero-order valence-corrected chi connectivity index (χ0v) is 18.4. The van der Waals surface area contributed by atoms with Crippen molar-refractivity contribution in [1.29, 1.82) is 0 Å². The summed E-state index contributed by atoms with van der Waals surface area (Å²) < 4.78 is 71.2. The molecule has 0 spiro atoms. The summed E-state index contributed by atoms with van der Waals surface area (Å²) in [5, 5.41) is 0. The van der Waals surface area contributed by atoms with Crippen LogP contribution in [0, 0.1) is 0 Å². The molecule has 0 aliphatic rings. The van der Waals surface area contributed by atoms with E-state index >= 15 is 0 Å². The Labute approximate surface area is 183 Å². The van der Waals surface area contributed by atoms with E-state index in [4.69, 9.17) is 4.74 Å². The molecule has 32 heavy (non-hydrogen) atoms. The number of hydrogen-bond donors (Lipinski definition) is 0. The van der Waals surface area contributed by atoms with Gasteiger partial charge in [0.1, 0.15) is 0 Å². The van der Waals surface area contributed by atoms with Crippen LogP contribution >= 0.6 is 0 Å². The van der Waals surface area contributed by atoms with Gasteiger partial charge >= 0.3 is 18.6 Å². The molecule has 174 valence electrons. The first-order valence-electron chi connectivity index (χ1n) is 8.93. The van der Waals surface area contributed by atoms with Crippen molar-refractivity contribution in [3.05, 3.63) is 53.1 Å². The number of esters is 2. The minimum Gasteiger partial charge on any atom is -0.493 e. The van der Waals surface area contributed by atoms with Gasteiger partial charge in [-0.15, -0.1) is 0 Å². The molecule has 0 heterocycles. The molecule has 9 nitrogen and oxygen atoms in total. The molecule has 0 fully saturated rings. The number of sulfonamides is 1. The number of ether oxygens (including phenoxy) is 4. The molecule has 0 saturated carbocycles. The van der Waals surface area contributed by atoms with Gasteiger partial charge in [-0.25, -0.2) is 18.0 Å². The number of rotatable bonds is 9. The SMILES string of the molecule is COC(=O)c1ccc(C(=O)OC)c(S(=O)(=O)N(C)Cc2ccc(OC)c(OC(F)F)c2)c1. The smallest absolute Gasteiger partial charge is 0.387 e. The fourth-order valence-electron chi connectivity index (χ4n) is 2.78. The second-order valence-corrected chi connectivity index (χ2v) is 8.33. The number of alkyl halides is 2. The van der Waals surface area contributed by atoms with E-state index in [1.165, 1.54) is 38.4 Å². The summed E-state index contributed by atoms with van der Waals surface area (Å²) in [5.74, 6) is -1.96. The van der Waals surface area contributed by atoms with Crippen LogP contribution in [0.25, 0.3) is 0 Å². The van der Waals surface area contributed by atoms with Gasteiger partial charge in [-0.2, -0.15) is 13.1 Å². The average molecular weight is 473 g/mol. The summed E-state index contributed by atoms with van der Waals surface area (Å²) in [4.78, 5) is 23.5. The molecule has 12 heteroatoms. The minimum atomic E-state index is -4.33. The molecule has 0 radical (unpaired) electrons. The van der Waals surface area contributed by atoms with Crippen molar-refractivity contribution in [3.8, 4) is 11.5 Å². The largest absolute Gasteiger partial charge is 0.493 e. The van der Waals surface area contributed by atoms with E-state index in [0.29, 0.717) is 5.56 Å². The molecular weight excluding hydrogens is 452 g/mol. The molecule has 2 aromatic carbocycles. The normalized spacial score (nSPS) is 11.4. The Kier molecular flexibility index (Phi) is 8.11. The highest BCUT2D eigenvalue weighted by atomic mass is 32.2. The van der Waals surface area contributed by atoms with Crippen molar-refractivity contribution in [3.63, 3.8) is 0 Å². The molecule has 0 aliphatic carbocycles. The van der Waals surface area contributed by atoms with Gasteiger partial charge in [-0.3, -0.25) is 0 Å². The molecule has 0 amide bonds. The third-order valence-electron chi connectivity index (χ3n) is 4.35. The van der Waals surface area contributed by atoms with E-state index < -0.39 is 33.5 Å². The average Bonchev–Trinajstić information content (AvgIpc) is 2.77. The van der Waals surface area contributed by atoms with Crippen LogP contribution in [0.2, 0.25) is 0 Å². The molecule has 0 aliphatic heterocycles. The summed E-state index contributed by atoms with van der Waals surface area (Å²) in [7, 11) is 0.364. The van der Waals surface area contributed by atoms with Gasteiger partial charge in [0.05, 0.1) is 37.4 Å². The number of halogens is 2. The van der Waals surface area contributed by atoms with E-state index in [-0.39, 0.29) is 29.2 Å². The number of carbonyl (C=O) groups is 2. The molecule has 0 atom stereocenters. The van der Waals surface area contributed by atoms with E-state index in [0.717, 1.165) is 30.7 Å². The second kappa shape index (κ2) is 10.4. The van der Waals surface area contributed by atoms with Crippen LogP contribution in [0.5, 0.6) is 11.5 Å². The number of carbonyl (C=O) groups excluding carboxylic acids is 2. The van der Waals surface area contributed by atoms with Crippen LogP contribution in [-0.2, 0) is 26.0 Å². The Morgan fingerprint density at radius 2 is 1.62 bits per heavy atom. The van der Waals surface area contributed by atoms with Gasteiger partial charge in [0.25, 0.3) is 0 Å². The van der Waals surface area contributed by atoms with E-state index in [1.807, 2.05) is 0 Å². The maximum absolute atomic E-state index is 13.2. The van der Waals surface area contributed by atoms with Gasteiger partial charge in [0.2, 0.25) is 10.0 Å². The Bertz CT molecular complexity index is 1100. The molecule has 2 rings (SSSR count). The van der Waals surface area contributed by atoms with E-state index in [9.17, 15) is 26.8 Å². The van der Waals surface area contributed by atoms with Crippen LogP contribution in [-0.4, -0.2) is 59.7 Å². The lowest BCUT2D eigenvalue weighted by Gasteiger charge is -2.20. The van der Waals surface area contributed by atoms with Crippen LogP contribution in [0.3, 0.4) is 0 Å². The third kappa shape index (κ3) is 5.51. The highest BCUT2D eigenvalue weighted by molar-refractivity contribution is 7.89. The van der Waals surface area contributed by atoms with Crippen molar-refractivity contribution in [2.45, 2.75) is 18.1 Å². The first-order chi connectivity index (χ1) is 15.0. The number of benzene rings is 2. The van der Waals surface area contributed by atoms with Crippen LogP contribution < -0.4 is 9.47 Å². The van der Waals surface area contributed by atoms with Gasteiger partial charge in [-0.1, -0.05) is 6.07 Å². The van der Waals surface area contributed by atoms with E-state index in [2.05, 4.69) is 14.2 Å². The highest BCUT2D eigenvalue weighted by Gasteiger charge is 2.29. The zero-order valence-electron chi connectivity index (χ0n) is 17.6.